The average Bonchev–Trinajstić information content (AvgIpc) is 3.76. The second-order valence-corrected chi connectivity index (χ2v) is 13.9. The number of aliphatic imine (C=N–C) groups is 1. The summed E-state index contributed by atoms with van der Waals surface area (Å²) in [6, 6.07) is 13.8. The molecule has 17 heteroatoms. The van der Waals surface area contributed by atoms with Crippen LogP contribution in [0.15, 0.2) is 100 Å². The number of hydrogen-bond donors (Lipinski definition) is 3. The van der Waals surface area contributed by atoms with Crippen LogP contribution in [0.5, 0.6) is 0 Å². The van der Waals surface area contributed by atoms with E-state index in [2.05, 4.69) is 20.1 Å². The molecule has 0 saturated carbocycles. The van der Waals surface area contributed by atoms with Crippen LogP contribution >= 0.6 is 23.1 Å². The maximum Gasteiger partial charge on any atom is 0.352 e. The summed E-state index contributed by atoms with van der Waals surface area (Å²) >= 11 is 2.55. The molecule has 6 heterocycles. The Morgan fingerprint density at radius 3 is 2.71 bits per heavy atom. The van der Waals surface area contributed by atoms with Crippen molar-refractivity contribution >= 4 is 74.2 Å². The lowest BCUT2D eigenvalue weighted by Gasteiger charge is -2.49. The molecule has 2 aliphatic rings. The average molecular weight is 741 g/mol. The van der Waals surface area contributed by atoms with Gasteiger partial charge < -0.3 is 26.0 Å². The van der Waals surface area contributed by atoms with E-state index < -0.39 is 34.8 Å². The number of thiazole rings is 1. The molecule has 5 N–H and O–H groups in total. The number of benzene rings is 1. The molecule has 0 aliphatic carbocycles. The van der Waals surface area contributed by atoms with Crippen LogP contribution in [0.1, 0.15) is 23.2 Å². The van der Waals surface area contributed by atoms with Crippen LogP contribution in [0.3, 0.4) is 0 Å². The molecule has 7 rings (SSSR count). The molecule has 2 aliphatic heterocycles. The van der Waals surface area contributed by atoms with Gasteiger partial charge in [-0.3, -0.25) is 19.5 Å². The van der Waals surface area contributed by atoms with Crippen LogP contribution in [-0.2, 0) is 32.3 Å². The zero-order valence-electron chi connectivity index (χ0n) is 27.5. The van der Waals surface area contributed by atoms with Gasteiger partial charge in [0, 0.05) is 65.0 Å². The van der Waals surface area contributed by atoms with E-state index in [4.69, 9.17) is 16.3 Å². The molecule has 0 radical (unpaired) electrons. The summed E-state index contributed by atoms with van der Waals surface area (Å²) < 4.78 is 19.1. The number of aromatic nitrogens is 4. The van der Waals surface area contributed by atoms with Gasteiger partial charge >= 0.3 is 5.97 Å². The number of carbonyl (C=O) groups excluding carboxylic acids is 2. The molecule has 0 bridgehead atoms. The first-order chi connectivity index (χ1) is 25.1. The van der Waals surface area contributed by atoms with Gasteiger partial charge in [-0.2, -0.15) is 4.57 Å². The number of pyridine rings is 2. The molecule has 1 amide bonds. The molecule has 264 valence electrons. The van der Waals surface area contributed by atoms with Crippen LogP contribution in [-0.4, -0.2) is 72.0 Å². The standard InChI is InChI=1S/C35H30FN9O5S2/c1-50-42-29(25-18-52-35(38)41-25)28(46)14-23-32(47)45-30(34(48)49)21(17-51-33(23)45)16-43-11-2-3-26-27(43)8-12-44(26)15-20-5-4-19(13-24(20)36)31(37)40-22-6-9-39-10-7-22/h2-13,18,23,33H,14-17H2,1H3,(H4-,37,38,39,40,41,48,49)/p+1/b42-29-/t23-,33-/m1/s1. The van der Waals surface area contributed by atoms with E-state index >= 15 is 4.39 Å². The minimum absolute atomic E-state index is 0.0514. The van der Waals surface area contributed by atoms with Crippen molar-refractivity contribution in [2.45, 2.75) is 24.9 Å². The van der Waals surface area contributed by atoms with Crippen molar-refractivity contribution in [2.24, 2.45) is 21.8 Å². The van der Waals surface area contributed by atoms with Crippen LogP contribution in [0.25, 0.3) is 11.0 Å². The maximum atomic E-state index is 15.3. The van der Waals surface area contributed by atoms with E-state index in [0.717, 1.165) is 22.4 Å². The van der Waals surface area contributed by atoms with E-state index in [1.165, 1.54) is 29.8 Å². The highest BCUT2D eigenvalue weighted by Gasteiger charge is 2.54. The second-order valence-electron chi connectivity index (χ2n) is 12.0. The SMILES string of the molecule is CO/N=C(\C(=O)C[C@@H]1C(=O)N2C(C(=O)O)=C(C[n+]3cccc4c3ccn4Cc3ccc(C(N)=Nc4ccncc4)cc3F)CS[C@H]12)c1csc(N)n1. The fourth-order valence-corrected chi connectivity index (χ4v) is 8.25. The molecule has 2 atom stereocenters. The summed E-state index contributed by atoms with van der Waals surface area (Å²) in [7, 11) is 1.30. The quantitative estimate of drug-likeness (QED) is 0.0561. The van der Waals surface area contributed by atoms with Crippen molar-refractivity contribution in [2.75, 3.05) is 18.6 Å². The van der Waals surface area contributed by atoms with Gasteiger partial charge in [0.1, 0.15) is 35.7 Å². The summed E-state index contributed by atoms with van der Waals surface area (Å²) in [4.78, 5) is 57.8. The molecule has 0 unspecified atom stereocenters. The summed E-state index contributed by atoms with van der Waals surface area (Å²) in [6.07, 6.45) is 6.68. The largest absolute Gasteiger partial charge is 0.477 e. The number of carboxylic acids is 1. The molecule has 5 aromatic rings. The van der Waals surface area contributed by atoms with Gasteiger partial charge in [0.25, 0.3) is 0 Å². The number of Topliss-reactive ketones (excluding diaryl/α,β-unsaturated/α-hetero) is 1. The van der Waals surface area contributed by atoms with Gasteiger partial charge in [0.05, 0.1) is 23.5 Å². The number of anilines is 1. The number of nitrogens with two attached hydrogens (primary N) is 2. The van der Waals surface area contributed by atoms with Crippen molar-refractivity contribution in [1.82, 2.24) is 19.4 Å². The number of nitrogen functional groups attached to an aromatic ring is 1. The lowest BCUT2D eigenvalue weighted by molar-refractivity contribution is -0.663. The number of amides is 1. The van der Waals surface area contributed by atoms with Crippen LogP contribution in [0.2, 0.25) is 0 Å². The summed E-state index contributed by atoms with van der Waals surface area (Å²) in [5.74, 6) is -2.81. The lowest BCUT2D eigenvalue weighted by Crippen LogP contribution is -2.62. The van der Waals surface area contributed by atoms with Crippen LogP contribution in [0, 0.1) is 11.7 Å². The number of ketones is 1. The normalized spacial score (nSPS) is 17.7. The number of aliphatic carboxylic acids is 1. The molecule has 4 aromatic heterocycles. The topological polar surface area (TPSA) is 195 Å². The fraction of sp³-hybridized carbons (Fsp3) is 0.200. The molecular weight excluding hydrogens is 710 g/mol. The Balaban J connectivity index is 1.08. The van der Waals surface area contributed by atoms with Gasteiger partial charge in [-0.05, 0) is 24.3 Å². The van der Waals surface area contributed by atoms with E-state index in [1.54, 1.807) is 42.0 Å². The predicted molar refractivity (Wildman–Crippen MR) is 193 cm³/mol. The van der Waals surface area contributed by atoms with E-state index in [0.29, 0.717) is 28.1 Å². The molecular formula is C35H31FN9O5S2+. The van der Waals surface area contributed by atoms with Gasteiger partial charge in [-0.25, -0.2) is 19.2 Å². The first-order valence-corrected chi connectivity index (χ1v) is 17.8. The number of nitrogens with zero attached hydrogens (tertiary/aromatic N) is 7. The van der Waals surface area contributed by atoms with Crippen LogP contribution in [0.4, 0.5) is 15.2 Å². The third-order valence-corrected chi connectivity index (χ3v) is 10.8. The third-order valence-electron chi connectivity index (χ3n) is 8.75. The number of amidine groups is 1. The fourth-order valence-electron chi connectivity index (χ4n) is 6.30. The van der Waals surface area contributed by atoms with Gasteiger partial charge in [0.2, 0.25) is 11.4 Å². The smallest absolute Gasteiger partial charge is 0.352 e. The lowest BCUT2D eigenvalue weighted by atomic mass is 9.89. The molecule has 0 spiro atoms. The summed E-state index contributed by atoms with van der Waals surface area (Å²) in [5, 5.41) is 15.4. The number of fused-ring (bicyclic) bond motifs is 2. The number of β-lactam (4-membered cyclic amide) rings is 1. The number of hydrogen-bond acceptors (Lipinski definition) is 11. The molecule has 14 nitrogen and oxygen atoms in total. The van der Waals surface area contributed by atoms with E-state index in [9.17, 15) is 19.5 Å². The van der Waals surface area contributed by atoms with Crippen molar-refractivity contribution in [3.63, 3.8) is 0 Å². The Hall–Kier alpha value is -5.94. The predicted octanol–water partition coefficient (Wildman–Crippen LogP) is 3.47. The van der Waals surface area contributed by atoms with Crippen LogP contribution < -0.4 is 16.0 Å². The zero-order valence-corrected chi connectivity index (χ0v) is 29.2. The zero-order chi connectivity index (χ0) is 36.5. The van der Waals surface area contributed by atoms with Crippen molar-refractivity contribution in [1.29, 1.82) is 0 Å². The summed E-state index contributed by atoms with van der Waals surface area (Å²) in [5.41, 5.74) is 15.6. The Bertz CT molecular complexity index is 2320. The highest BCUT2D eigenvalue weighted by atomic mass is 32.2. The Kier molecular flexibility index (Phi) is 9.53. The number of halogens is 1. The number of thioether (sulfide) groups is 1. The monoisotopic (exact) mass is 740 g/mol. The Labute approximate surface area is 303 Å². The summed E-state index contributed by atoms with van der Waals surface area (Å²) in [6.45, 7) is 0.432. The van der Waals surface area contributed by atoms with Gasteiger partial charge in [-0.15, -0.1) is 23.1 Å². The van der Waals surface area contributed by atoms with Gasteiger partial charge in [-0.1, -0.05) is 17.3 Å². The number of carbonyl (C=O) groups is 3. The maximum absolute atomic E-state index is 15.3. The first-order valence-electron chi connectivity index (χ1n) is 15.9. The highest BCUT2D eigenvalue weighted by Crippen LogP contribution is 2.45. The minimum Gasteiger partial charge on any atom is -0.477 e. The van der Waals surface area contributed by atoms with Crippen molar-refractivity contribution < 1.29 is 33.3 Å². The Morgan fingerprint density at radius 1 is 1.19 bits per heavy atom. The van der Waals surface area contributed by atoms with Crippen molar-refractivity contribution in [3.8, 4) is 0 Å². The molecule has 1 saturated heterocycles. The second kappa shape index (κ2) is 14.4. The molecule has 1 aromatic carbocycles. The number of carboxylic acid groups (broad SMARTS) is 1. The number of rotatable bonds is 12. The van der Waals surface area contributed by atoms with Gasteiger partial charge in [0.15, 0.2) is 29.4 Å². The highest BCUT2D eigenvalue weighted by molar-refractivity contribution is 8.00. The minimum atomic E-state index is -1.23. The molecule has 1 fully saturated rings. The van der Waals surface area contributed by atoms with Crippen molar-refractivity contribution in [3.05, 3.63) is 113 Å². The van der Waals surface area contributed by atoms with E-state index in [-0.39, 0.29) is 47.6 Å². The molecule has 52 heavy (non-hydrogen) atoms. The third kappa shape index (κ3) is 6.62. The Morgan fingerprint density at radius 2 is 2.00 bits per heavy atom. The number of oxime groups is 1. The van der Waals surface area contributed by atoms with E-state index in [1.807, 2.05) is 39.7 Å². The first kappa shape index (κ1) is 34.5.